The van der Waals surface area contributed by atoms with Crippen molar-refractivity contribution in [2.24, 2.45) is 17.4 Å². The van der Waals surface area contributed by atoms with Gasteiger partial charge in [-0.15, -0.1) is 0 Å². The summed E-state index contributed by atoms with van der Waals surface area (Å²) in [4.78, 5) is 70.3. The molecule has 1 saturated heterocycles. The maximum atomic E-state index is 14.5. The average molecular weight is 655 g/mol. The van der Waals surface area contributed by atoms with Crippen molar-refractivity contribution in [3.63, 3.8) is 0 Å². The van der Waals surface area contributed by atoms with Crippen molar-refractivity contribution >= 4 is 36.1 Å². The van der Waals surface area contributed by atoms with Crippen LogP contribution >= 0.6 is 0 Å². The average Bonchev–Trinajstić information content (AvgIpc) is 3.52. The number of amides is 4. The molecule has 13 nitrogen and oxygen atoms in total. The second kappa shape index (κ2) is 17.8. The molecule has 47 heavy (non-hydrogen) atoms. The van der Waals surface area contributed by atoms with E-state index in [1.54, 1.807) is 45.0 Å². The molecule has 1 aromatic carbocycles. The van der Waals surface area contributed by atoms with E-state index in [4.69, 9.17) is 21.6 Å². The van der Waals surface area contributed by atoms with Gasteiger partial charge in [-0.05, 0) is 64.4 Å². The van der Waals surface area contributed by atoms with E-state index in [2.05, 4.69) is 10.6 Å². The van der Waals surface area contributed by atoms with Gasteiger partial charge in [-0.25, -0.2) is 4.79 Å². The van der Waals surface area contributed by atoms with Gasteiger partial charge in [-0.1, -0.05) is 62.4 Å². The van der Waals surface area contributed by atoms with Crippen LogP contribution in [0.1, 0.15) is 90.5 Å². The molecule has 259 valence electrons. The molecule has 4 amide bonds. The highest BCUT2D eigenvalue weighted by Crippen LogP contribution is 2.29. The number of nitrogens with one attached hydrogen (secondary N) is 3. The fraction of sp³-hybridized carbons (Fsp3) is 0.647. The largest absolute Gasteiger partial charge is 0.444 e. The zero-order chi connectivity index (χ0) is 34.6. The Kier molecular flexibility index (Phi) is 14.2. The number of nitrogens with zero attached hydrogens (tertiary/aromatic N) is 2. The van der Waals surface area contributed by atoms with Crippen LogP contribution in [-0.2, 0) is 30.3 Å². The molecule has 13 heteroatoms. The van der Waals surface area contributed by atoms with Crippen LogP contribution in [0.25, 0.3) is 0 Å². The van der Waals surface area contributed by atoms with Crippen molar-refractivity contribution in [3.8, 4) is 0 Å². The van der Waals surface area contributed by atoms with Gasteiger partial charge in [0, 0.05) is 19.5 Å². The van der Waals surface area contributed by atoms with Crippen molar-refractivity contribution in [1.29, 1.82) is 5.41 Å². The molecule has 1 aliphatic heterocycles. The highest BCUT2D eigenvalue weighted by Gasteiger charge is 2.45. The maximum Gasteiger partial charge on any atom is 0.410 e. The SMILES string of the molecule is CC(C)(C)OC(=O)N1CCCC1C(=O)N(C(=O)[C@H](N)CC1CCCCC1)C(Cc1ccccc1)C(=O)NC([C]=O)CCCNC(=N)N. The van der Waals surface area contributed by atoms with Gasteiger partial charge in [0.2, 0.25) is 18.1 Å². The van der Waals surface area contributed by atoms with Crippen LogP contribution in [0.5, 0.6) is 0 Å². The summed E-state index contributed by atoms with van der Waals surface area (Å²) < 4.78 is 5.58. The van der Waals surface area contributed by atoms with Gasteiger partial charge >= 0.3 is 6.09 Å². The number of likely N-dealkylation sites (tertiary alicyclic amines) is 1. The van der Waals surface area contributed by atoms with E-state index in [0.29, 0.717) is 31.4 Å². The molecular formula is C34H52N7O6. The minimum Gasteiger partial charge on any atom is -0.444 e. The number of carbonyl (C=O) groups is 4. The molecule has 1 heterocycles. The predicted molar refractivity (Wildman–Crippen MR) is 178 cm³/mol. The zero-order valence-electron chi connectivity index (χ0n) is 28.0. The topological polar surface area (TPSA) is 201 Å². The van der Waals surface area contributed by atoms with Crippen LogP contribution in [0.4, 0.5) is 4.79 Å². The fourth-order valence-corrected chi connectivity index (χ4v) is 6.30. The quantitative estimate of drug-likeness (QED) is 0.114. The van der Waals surface area contributed by atoms with Crippen molar-refractivity contribution in [2.45, 2.75) is 121 Å². The van der Waals surface area contributed by atoms with E-state index in [1.807, 2.05) is 12.4 Å². The van der Waals surface area contributed by atoms with Crippen LogP contribution in [0.2, 0.25) is 0 Å². The number of benzene rings is 1. The second-order valence-electron chi connectivity index (χ2n) is 13.6. The number of ether oxygens (including phenoxy) is 1. The summed E-state index contributed by atoms with van der Waals surface area (Å²) in [6, 6.07) is 4.49. The van der Waals surface area contributed by atoms with Crippen molar-refractivity contribution in [1.82, 2.24) is 20.4 Å². The maximum absolute atomic E-state index is 14.5. The molecule has 0 bridgehead atoms. The van der Waals surface area contributed by atoms with Crippen LogP contribution < -0.4 is 22.1 Å². The lowest BCUT2D eigenvalue weighted by atomic mass is 9.84. The summed E-state index contributed by atoms with van der Waals surface area (Å²) in [6.07, 6.45) is 7.98. The molecule has 1 saturated carbocycles. The molecular weight excluding hydrogens is 602 g/mol. The monoisotopic (exact) mass is 654 g/mol. The van der Waals surface area contributed by atoms with Crippen molar-refractivity contribution in [2.75, 3.05) is 13.1 Å². The second-order valence-corrected chi connectivity index (χ2v) is 13.6. The molecule has 2 fully saturated rings. The van der Waals surface area contributed by atoms with E-state index >= 15 is 0 Å². The number of hydrogen-bond acceptors (Lipinski definition) is 8. The Morgan fingerprint density at radius 1 is 1.09 bits per heavy atom. The van der Waals surface area contributed by atoms with Crippen molar-refractivity contribution in [3.05, 3.63) is 35.9 Å². The smallest absolute Gasteiger partial charge is 0.410 e. The normalized spacial score (nSPS) is 18.8. The van der Waals surface area contributed by atoms with Gasteiger partial charge in [-0.3, -0.25) is 34.4 Å². The highest BCUT2D eigenvalue weighted by atomic mass is 16.6. The van der Waals surface area contributed by atoms with E-state index in [0.717, 1.165) is 37.0 Å². The minimum atomic E-state index is -1.36. The van der Waals surface area contributed by atoms with Gasteiger partial charge in [0.25, 0.3) is 5.91 Å². The summed E-state index contributed by atoms with van der Waals surface area (Å²) in [5, 5.41) is 12.6. The first-order chi connectivity index (χ1) is 22.3. The molecule has 2 aliphatic rings. The number of nitrogens with two attached hydrogens (primary N) is 2. The molecule has 7 N–H and O–H groups in total. The highest BCUT2D eigenvalue weighted by molar-refractivity contribution is 6.05. The molecule has 3 rings (SSSR count). The Morgan fingerprint density at radius 3 is 2.38 bits per heavy atom. The van der Waals surface area contributed by atoms with Crippen molar-refractivity contribution < 1.29 is 28.7 Å². The Labute approximate surface area is 278 Å². The Morgan fingerprint density at radius 2 is 1.77 bits per heavy atom. The van der Waals surface area contributed by atoms with Crippen LogP contribution in [-0.4, -0.2) is 88.7 Å². The first-order valence-electron chi connectivity index (χ1n) is 16.7. The van der Waals surface area contributed by atoms with Gasteiger partial charge in [-0.2, -0.15) is 0 Å². The number of carbonyl (C=O) groups excluding carboxylic acids is 5. The Hall–Kier alpha value is -4.00. The van der Waals surface area contributed by atoms with E-state index in [1.165, 1.54) is 4.90 Å². The van der Waals surface area contributed by atoms with Gasteiger partial charge < -0.3 is 26.8 Å². The van der Waals surface area contributed by atoms with Gasteiger partial charge in [0.15, 0.2) is 5.96 Å². The lowest BCUT2D eigenvalue weighted by Crippen LogP contribution is -2.62. The van der Waals surface area contributed by atoms with E-state index < -0.39 is 53.6 Å². The summed E-state index contributed by atoms with van der Waals surface area (Å²) in [6.45, 7) is 5.75. The number of rotatable bonds is 14. The lowest BCUT2D eigenvalue weighted by Gasteiger charge is -2.36. The van der Waals surface area contributed by atoms with Crippen LogP contribution in [0.3, 0.4) is 0 Å². The fourth-order valence-electron chi connectivity index (χ4n) is 6.30. The molecule has 0 spiro atoms. The molecule has 4 atom stereocenters. The third-order valence-electron chi connectivity index (χ3n) is 8.60. The molecule has 3 unspecified atom stereocenters. The number of imide groups is 1. The molecule has 1 radical (unpaired) electrons. The Bertz CT molecular complexity index is 1230. The van der Waals surface area contributed by atoms with E-state index in [-0.39, 0.29) is 37.7 Å². The third kappa shape index (κ3) is 11.6. The number of hydrogen-bond donors (Lipinski definition) is 5. The first kappa shape index (κ1) is 37.5. The summed E-state index contributed by atoms with van der Waals surface area (Å²) >= 11 is 0. The first-order valence-corrected chi connectivity index (χ1v) is 16.7. The van der Waals surface area contributed by atoms with Crippen LogP contribution in [0.15, 0.2) is 30.3 Å². The van der Waals surface area contributed by atoms with E-state index in [9.17, 15) is 24.0 Å². The Balaban J connectivity index is 1.98. The van der Waals surface area contributed by atoms with Gasteiger partial charge in [0.1, 0.15) is 17.7 Å². The molecule has 0 aromatic heterocycles. The van der Waals surface area contributed by atoms with Gasteiger partial charge in [0.05, 0.1) is 12.1 Å². The number of guanidine groups is 1. The molecule has 1 aliphatic carbocycles. The summed E-state index contributed by atoms with van der Waals surface area (Å²) in [5.74, 6) is -2.09. The third-order valence-corrected chi connectivity index (χ3v) is 8.60. The standard InChI is InChI=1S/C34H52N7O6/c1-34(2,3)47-33(46)40-19-11-17-27(40)31(45)41(30(44)26(35)20-23-12-6-4-7-13-23)28(21-24-14-8-5-9-15-24)29(43)39-25(22-42)16-10-18-38-32(36)37/h5,8-9,14-15,23,25-28H,4,6-7,10-13,16-21,35H2,1-3H3,(H,39,43)(H4,36,37,38)/t25?,26-,27?,28?/m1/s1. The zero-order valence-corrected chi connectivity index (χ0v) is 28.0. The minimum absolute atomic E-state index is 0.0308. The summed E-state index contributed by atoms with van der Waals surface area (Å²) in [5.41, 5.74) is 11.8. The van der Waals surface area contributed by atoms with Crippen LogP contribution in [0, 0.1) is 11.3 Å². The predicted octanol–water partition coefficient (Wildman–Crippen LogP) is 2.51. The lowest BCUT2D eigenvalue weighted by molar-refractivity contribution is -0.155. The summed E-state index contributed by atoms with van der Waals surface area (Å²) in [7, 11) is 0. The molecule has 1 aromatic rings.